The summed E-state index contributed by atoms with van der Waals surface area (Å²) >= 11 is 10.9. The van der Waals surface area contributed by atoms with E-state index in [2.05, 4.69) is 32.3 Å². The molecule has 3 heterocycles. The summed E-state index contributed by atoms with van der Waals surface area (Å²) in [5.74, 6) is 2.17. The smallest absolute Gasteiger partial charge is 0.272 e. The van der Waals surface area contributed by atoms with Gasteiger partial charge in [-0.15, -0.1) is 11.3 Å². The summed E-state index contributed by atoms with van der Waals surface area (Å²) in [6.07, 6.45) is 5.08. The van der Waals surface area contributed by atoms with Crippen molar-refractivity contribution >= 4 is 52.4 Å². The van der Waals surface area contributed by atoms with E-state index in [-0.39, 0.29) is 10.7 Å². The Kier molecular flexibility index (Phi) is 8.34. The predicted molar refractivity (Wildman–Crippen MR) is 119 cm³/mol. The van der Waals surface area contributed by atoms with E-state index in [1.807, 2.05) is 23.8 Å². The van der Waals surface area contributed by atoms with Gasteiger partial charge >= 0.3 is 0 Å². The molecule has 7 nitrogen and oxygen atoms in total. The second kappa shape index (κ2) is 11.0. The van der Waals surface area contributed by atoms with Gasteiger partial charge in [0, 0.05) is 5.75 Å². The number of amides is 1. The van der Waals surface area contributed by atoms with Gasteiger partial charge in [-0.1, -0.05) is 41.5 Å². The fourth-order valence-corrected chi connectivity index (χ4v) is 4.34. The van der Waals surface area contributed by atoms with Crippen LogP contribution in [0.25, 0.3) is 10.7 Å². The number of aromatic nitrogens is 4. The minimum Gasteiger partial charge on any atom is -0.339 e. The molecule has 0 aromatic carbocycles. The van der Waals surface area contributed by atoms with Gasteiger partial charge in [-0.25, -0.2) is 9.97 Å². The molecule has 0 saturated heterocycles. The zero-order valence-electron chi connectivity index (χ0n) is 15.9. The Labute approximate surface area is 186 Å². The van der Waals surface area contributed by atoms with E-state index < -0.39 is 11.9 Å². The number of carbonyl (C=O) groups excluding carboxylic acids is 1. The first-order valence-corrected chi connectivity index (χ1v) is 12.6. The molecule has 0 aliphatic rings. The molecule has 1 N–H and O–H groups in total. The van der Waals surface area contributed by atoms with E-state index in [0.717, 1.165) is 22.8 Å². The molecule has 0 spiro atoms. The largest absolute Gasteiger partial charge is 0.339 e. The molecule has 29 heavy (non-hydrogen) atoms. The Balaban J connectivity index is 1.79. The molecule has 11 heteroatoms. The highest BCUT2D eigenvalue weighted by molar-refractivity contribution is 7.99. The highest BCUT2D eigenvalue weighted by Gasteiger charge is 2.24. The number of thiophene rings is 1. The van der Waals surface area contributed by atoms with Gasteiger partial charge in [0.1, 0.15) is 6.04 Å². The van der Waals surface area contributed by atoms with Gasteiger partial charge in [-0.3, -0.25) is 4.79 Å². The summed E-state index contributed by atoms with van der Waals surface area (Å²) < 4.78 is 5.44. The summed E-state index contributed by atoms with van der Waals surface area (Å²) in [6.45, 7) is 2.07. The molecule has 0 radical (unpaired) electrons. The van der Waals surface area contributed by atoms with Crippen LogP contribution in [0.4, 0.5) is 0 Å². The summed E-state index contributed by atoms with van der Waals surface area (Å²) in [4.78, 5) is 26.8. The average Bonchev–Trinajstić information content (AvgIpc) is 3.42. The Morgan fingerprint density at radius 3 is 2.97 bits per heavy atom. The van der Waals surface area contributed by atoms with Crippen LogP contribution >= 0.6 is 46.5 Å². The Bertz CT molecular complexity index is 935. The zero-order chi connectivity index (χ0) is 20.6. The van der Waals surface area contributed by atoms with Crippen LogP contribution in [0.3, 0.4) is 0 Å². The van der Waals surface area contributed by atoms with Gasteiger partial charge in [-0.05, 0) is 36.3 Å². The first-order chi connectivity index (χ1) is 14.1. The highest BCUT2D eigenvalue weighted by atomic mass is 35.5. The molecule has 3 aromatic rings. The Morgan fingerprint density at radius 2 is 2.24 bits per heavy atom. The van der Waals surface area contributed by atoms with Crippen LogP contribution in [0.5, 0.6) is 0 Å². The molecule has 0 bridgehead atoms. The molecule has 0 saturated carbocycles. The van der Waals surface area contributed by atoms with Crippen molar-refractivity contribution in [2.45, 2.75) is 31.0 Å². The van der Waals surface area contributed by atoms with Gasteiger partial charge in [0.2, 0.25) is 11.7 Å². The summed E-state index contributed by atoms with van der Waals surface area (Å²) in [5, 5.41) is 9.66. The van der Waals surface area contributed by atoms with Crippen molar-refractivity contribution in [1.29, 1.82) is 0 Å². The van der Waals surface area contributed by atoms with Crippen molar-refractivity contribution in [2.75, 3.05) is 17.8 Å². The van der Waals surface area contributed by atoms with Crippen LogP contribution in [0.1, 0.15) is 42.2 Å². The maximum absolute atomic E-state index is 12.9. The van der Waals surface area contributed by atoms with Crippen LogP contribution < -0.4 is 5.32 Å². The Hall–Kier alpha value is -1.62. The molecular weight excluding hydrogens is 450 g/mol. The van der Waals surface area contributed by atoms with Crippen LogP contribution in [-0.4, -0.2) is 43.8 Å². The number of halogens is 1. The first kappa shape index (κ1) is 22.1. The lowest BCUT2D eigenvalue weighted by Crippen LogP contribution is -2.30. The topological polar surface area (TPSA) is 93.8 Å². The molecule has 154 valence electrons. The fourth-order valence-electron chi connectivity index (χ4n) is 2.38. The lowest BCUT2D eigenvalue weighted by atomic mass is 10.2. The van der Waals surface area contributed by atoms with Crippen LogP contribution in [-0.2, 0) is 0 Å². The van der Waals surface area contributed by atoms with Crippen molar-refractivity contribution < 1.29 is 9.32 Å². The van der Waals surface area contributed by atoms with Crippen molar-refractivity contribution in [3.05, 3.63) is 40.3 Å². The number of nitrogens with one attached hydrogen (secondary N) is 1. The number of rotatable bonds is 10. The second-order valence-corrected chi connectivity index (χ2v) is 9.34. The molecule has 3 aromatic heterocycles. The minimum atomic E-state index is -0.436. The minimum absolute atomic E-state index is 0.146. The molecule has 3 rings (SSSR count). The van der Waals surface area contributed by atoms with Crippen molar-refractivity contribution in [2.24, 2.45) is 0 Å². The van der Waals surface area contributed by atoms with Crippen molar-refractivity contribution in [3.8, 4) is 10.7 Å². The van der Waals surface area contributed by atoms with Gasteiger partial charge in [0.05, 0.1) is 16.1 Å². The standard InChI is InChI=1S/C18H20ClN5O2S3/c1-3-7-29-18-20-10-11(19)14(22-18)16(25)21-12(6-9-27-2)17-23-15(24-26-17)13-5-4-8-28-13/h4-5,8,10,12H,3,6-7,9H2,1-2H3,(H,21,25)/t12-/m1/s1. The Morgan fingerprint density at radius 1 is 1.38 bits per heavy atom. The lowest BCUT2D eigenvalue weighted by Gasteiger charge is -2.15. The number of hydrogen-bond donors (Lipinski definition) is 1. The highest BCUT2D eigenvalue weighted by Crippen LogP contribution is 2.26. The van der Waals surface area contributed by atoms with Gasteiger partial charge in [0.25, 0.3) is 5.91 Å². The average molecular weight is 470 g/mol. The van der Waals surface area contributed by atoms with Crippen molar-refractivity contribution in [1.82, 2.24) is 25.4 Å². The fraction of sp³-hybridized carbons (Fsp3) is 0.389. The lowest BCUT2D eigenvalue weighted by molar-refractivity contribution is 0.0921. The summed E-state index contributed by atoms with van der Waals surface area (Å²) in [5.41, 5.74) is 0.146. The third kappa shape index (κ3) is 5.94. The van der Waals surface area contributed by atoms with Gasteiger partial charge in [0.15, 0.2) is 10.9 Å². The monoisotopic (exact) mass is 469 g/mol. The normalized spacial score (nSPS) is 12.1. The predicted octanol–water partition coefficient (Wildman–Crippen LogP) is 4.97. The van der Waals surface area contributed by atoms with E-state index in [9.17, 15) is 4.79 Å². The van der Waals surface area contributed by atoms with E-state index in [1.54, 1.807) is 11.8 Å². The molecular formula is C18H20ClN5O2S3. The third-order valence-electron chi connectivity index (χ3n) is 3.77. The number of hydrogen-bond acceptors (Lipinski definition) is 9. The molecule has 0 aliphatic heterocycles. The van der Waals surface area contributed by atoms with Crippen molar-refractivity contribution in [3.63, 3.8) is 0 Å². The maximum Gasteiger partial charge on any atom is 0.272 e. The first-order valence-electron chi connectivity index (χ1n) is 8.95. The molecule has 1 amide bonds. The molecule has 1 atom stereocenters. The number of carbonyl (C=O) groups is 1. The van der Waals surface area contributed by atoms with E-state index in [4.69, 9.17) is 16.1 Å². The van der Waals surface area contributed by atoms with E-state index in [1.165, 1.54) is 29.3 Å². The number of nitrogens with zero attached hydrogens (tertiary/aromatic N) is 4. The molecule has 0 aliphatic carbocycles. The zero-order valence-corrected chi connectivity index (χ0v) is 19.1. The quantitative estimate of drug-likeness (QED) is 0.328. The van der Waals surface area contributed by atoms with E-state index in [0.29, 0.717) is 23.3 Å². The van der Waals surface area contributed by atoms with Crippen LogP contribution in [0, 0.1) is 0 Å². The molecule has 0 unspecified atom stereocenters. The van der Waals surface area contributed by atoms with Gasteiger partial charge in [-0.2, -0.15) is 16.7 Å². The second-order valence-electron chi connectivity index (χ2n) is 5.94. The van der Waals surface area contributed by atoms with E-state index >= 15 is 0 Å². The SMILES string of the molecule is CCCSc1ncc(Cl)c(C(=O)N[C@H](CCSC)c2nc(-c3cccs3)no2)n1. The summed E-state index contributed by atoms with van der Waals surface area (Å²) in [6, 6.07) is 3.41. The van der Waals surface area contributed by atoms with Crippen LogP contribution in [0.15, 0.2) is 33.4 Å². The third-order valence-corrected chi connectivity index (χ3v) is 6.62. The van der Waals surface area contributed by atoms with Gasteiger partial charge < -0.3 is 9.84 Å². The summed E-state index contributed by atoms with van der Waals surface area (Å²) in [7, 11) is 0. The number of thioether (sulfide) groups is 2. The maximum atomic E-state index is 12.9. The molecule has 0 fully saturated rings. The van der Waals surface area contributed by atoms with Crippen LogP contribution in [0.2, 0.25) is 5.02 Å².